The zero-order chi connectivity index (χ0) is 25.8. The quantitative estimate of drug-likeness (QED) is 0.136. The molecule has 0 fully saturated rings. The third-order valence-electron chi connectivity index (χ3n) is 6.24. The van der Waals surface area contributed by atoms with Crippen LogP contribution in [0.4, 0.5) is 0 Å². The van der Waals surface area contributed by atoms with E-state index >= 15 is 0 Å². The highest BCUT2D eigenvalue weighted by atomic mass is 79.9. The lowest BCUT2D eigenvalue weighted by Crippen LogP contribution is -2.71. The van der Waals surface area contributed by atoms with Crippen molar-refractivity contribution < 1.29 is 17.1 Å². The maximum Gasteiger partial charge on any atom is 0.472 e. The Morgan fingerprint density at radius 1 is 0.562 bits per heavy atom. The number of rotatable bonds is 15. The highest BCUT2D eigenvalue weighted by Gasteiger charge is 2.63. The topological polar surface area (TPSA) is 47.9 Å². The minimum absolute atomic E-state index is 0.0648. The van der Waals surface area contributed by atoms with E-state index in [1.807, 2.05) is 13.1 Å². The molecule has 32 heavy (non-hydrogen) atoms. The monoisotopic (exact) mass is 730 g/mol. The van der Waals surface area contributed by atoms with Crippen molar-refractivity contribution >= 4 is 89.9 Å². The molecule has 0 saturated heterocycles. The van der Waals surface area contributed by atoms with Crippen molar-refractivity contribution in [2.75, 3.05) is 0 Å². The highest BCUT2D eigenvalue weighted by Crippen LogP contribution is 2.44. The average Bonchev–Trinajstić information content (AvgIpc) is 2.63. The number of alkyl halides is 3. The van der Waals surface area contributed by atoms with E-state index in [2.05, 4.69) is 115 Å². The molecule has 4 nitrogen and oxygen atoms in total. The molecule has 0 saturated carbocycles. The van der Waals surface area contributed by atoms with E-state index in [0.717, 1.165) is 25.7 Å². The molecular formula is C20H49Br3O4Si5. The Morgan fingerprint density at radius 2 is 0.812 bits per heavy atom. The van der Waals surface area contributed by atoms with E-state index in [1.165, 1.54) is 0 Å². The molecule has 4 unspecified atom stereocenters. The van der Waals surface area contributed by atoms with Gasteiger partial charge in [-0.2, -0.15) is 0 Å². The summed E-state index contributed by atoms with van der Waals surface area (Å²) < 4.78 is 22.8. The third kappa shape index (κ3) is 9.35. The first-order valence-corrected chi connectivity index (χ1v) is 28.5. The maximum atomic E-state index is 11.5. The largest absolute Gasteiger partial charge is 0.472 e. The van der Waals surface area contributed by atoms with E-state index in [-0.39, 0.29) is 5.16 Å². The number of hydrogen-bond donors (Lipinski definition) is 1. The highest BCUT2D eigenvalue weighted by molar-refractivity contribution is 9.10. The Bertz CT molecular complexity index is 516. The van der Waals surface area contributed by atoms with Gasteiger partial charge in [0.1, 0.15) is 0 Å². The van der Waals surface area contributed by atoms with Crippen molar-refractivity contribution in [3.05, 3.63) is 0 Å². The summed E-state index contributed by atoms with van der Waals surface area (Å²) >= 11 is 11.8. The average molecular weight is 734 g/mol. The Hall–Kier alpha value is 2.36. The fraction of sp³-hybridized carbons (Fsp3) is 1.00. The molecule has 194 valence electrons. The molecule has 4 atom stereocenters. The molecule has 0 aromatic carbocycles. The molecule has 0 amide bonds. The molecule has 0 spiro atoms. The van der Waals surface area contributed by atoms with E-state index in [1.54, 1.807) is 0 Å². The summed E-state index contributed by atoms with van der Waals surface area (Å²) in [5.41, 5.74) is 0. The smallest absolute Gasteiger partial charge is 0.432 e. The van der Waals surface area contributed by atoms with Gasteiger partial charge >= 0.3 is 8.80 Å². The number of hydrogen-bond acceptors (Lipinski definition) is 4. The second-order valence-corrected chi connectivity index (χ2v) is 37.5. The number of halogens is 3. The summed E-state index contributed by atoms with van der Waals surface area (Å²) in [6.45, 7) is 26.4. The van der Waals surface area contributed by atoms with Gasteiger partial charge < -0.3 is 17.1 Å². The summed E-state index contributed by atoms with van der Waals surface area (Å²) in [6, 6.07) is 0. The van der Waals surface area contributed by atoms with Crippen molar-refractivity contribution in [1.29, 1.82) is 0 Å². The minimum Gasteiger partial charge on any atom is -0.432 e. The van der Waals surface area contributed by atoms with Gasteiger partial charge in [-0.3, -0.25) is 0 Å². The second-order valence-electron chi connectivity index (χ2n) is 11.0. The van der Waals surface area contributed by atoms with Crippen molar-refractivity contribution in [1.82, 2.24) is 0 Å². The van der Waals surface area contributed by atoms with E-state index in [4.69, 9.17) is 12.3 Å². The Balaban J connectivity index is 7.00. The first kappa shape index (κ1) is 34.4. The van der Waals surface area contributed by atoms with Gasteiger partial charge in [0.2, 0.25) is 0 Å². The van der Waals surface area contributed by atoms with Gasteiger partial charge in [0.15, 0.2) is 33.3 Å². The minimum atomic E-state index is -3.30. The van der Waals surface area contributed by atoms with Gasteiger partial charge in [-0.05, 0) is 78.1 Å². The molecule has 0 aliphatic heterocycles. The molecule has 0 heterocycles. The summed E-state index contributed by atoms with van der Waals surface area (Å²) in [5.74, 6) is 0. The van der Waals surface area contributed by atoms with Gasteiger partial charge in [0.25, 0.3) is 0 Å². The van der Waals surface area contributed by atoms with Crippen LogP contribution < -0.4 is 0 Å². The van der Waals surface area contributed by atoms with Gasteiger partial charge in [-0.25, -0.2) is 0 Å². The van der Waals surface area contributed by atoms with Gasteiger partial charge in [-0.15, -0.1) is 0 Å². The fourth-order valence-corrected chi connectivity index (χ4v) is 29.9. The van der Waals surface area contributed by atoms with Crippen LogP contribution in [0.15, 0.2) is 0 Å². The summed E-state index contributed by atoms with van der Waals surface area (Å²) in [6.07, 6.45) is 3.79. The summed E-state index contributed by atoms with van der Waals surface area (Å²) in [7, 11) is -12.7. The predicted molar refractivity (Wildman–Crippen MR) is 164 cm³/mol. The van der Waals surface area contributed by atoms with Crippen LogP contribution >= 0.6 is 47.8 Å². The lowest BCUT2D eigenvalue weighted by Gasteiger charge is -2.51. The van der Waals surface area contributed by atoms with Crippen molar-refractivity contribution in [3.63, 3.8) is 0 Å². The molecule has 0 aliphatic carbocycles. The molecule has 12 heteroatoms. The van der Waals surface area contributed by atoms with Gasteiger partial charge in [0, 0.05) is 18.5 Å². The molecule has 0 aromatic rings. The predicted octanol–water partition coefficient (Wildman–Crippen LogP) is 8.25. The lowest BCUT2D eigenvalue weighted by molar-refractivity contribution is 0.234. The van der Waals surface area contributed by atoms with Crippen LogP contribution in [-0.4, -0.2) is 60.2 Å². The maximum absolute atomic E-state index is 11.5. The lowest BCUT2D eigenvalue weighted by atomic mass is 10.6. The van der Waals surface area contributed by atoms with E-state index < -0.39 is 42.1 Å². The van der Waals surface area contributed by atoms with Crippen LogP contribution in [0.3, 0.4) is 0 Å². The van der Waals surface area contributed by atoms with E-state index in [9.17, 15) is 4.80 Å². The van der Waals surface area contributed by atoms with Crippen molar-refractivity contribution in [2.45, 2.75) is 124 Å². The Morgan fingerprint density at radius 3 is 0.969 bits per heavy atom. The SMILES string of the molecule is CCC(Br)[Si](C)(C)O[Si](O[Si](C)(C)C(Br)CC)(O[Si](C)(C)C(Br)CC)C(CC)[Si](C)(C)O. The molecular weight excluding hydrogens is 684 g/mol. The third-order valence-corrected chi connectivity index (χ3v) is 40.1. The van der Waals surface area contributed by atoms with Crippen molar-refractivity contribution in [2.24, 2.45) is 0 Å². The molecule has 0 bridgehead atoms. The fourth-order valence-electron chi connectivity index (χ4n) is 4.22. The first-order valence-electron chi connectivity index (χ1n) is 12.0. The Kier molecular flexibility index (Phi) is 14.2. The Labute approximate surface area is 229 Å². The van der Waals surface area contributed by atoms with Gasteiger partial charge in [-0.1, -0.05) is 75.5 Å². The molecule has 0 aliphatic rings. The standard InChI is InChI=1S/C20H49Br3O4Si5/c1-13-17(21)29(7,8)25-32(20(16-4)28(5,6)24,26-30(9,10)18(22)14-2)27-31(11,12)19(23)15-3/h17-20,24H,13-16H2,1-12H3. The zero-order valence-electron chi connectivity index (χ0n) is 22.4. The molecule has 1 N–H and O–H groups in total. The summed E-state index contributed by atoms with van der Waals surface area (Å²) in [4.78, 5) is 11.5. The van der Waals surface area contributed by atoms with Crippen LogP contribution in [0.5, 0.6) is 0 Å². The molecule has 0 rings (SSSR count). The molecule has 0 radical (unpaired) electrons. The van der Waals surface area contributed by atoms with Crippen LogP contribution in [-0.2, 0) is 12.3 Å². The second kappa shape index (κ2) is 13.2. The van der Waals surface area contributed by atoms with Crippen LogP contribution in [0.1, 0.15) is 53.4 Å². The summed E-state index contributed by atoms with van der Waals surface area (Å²) in [5, 5.41) is -0.0648. The first-order chi connectivity index (χ1) is 14.3. The van der Waals surface area contributed by atoms with Crippen molar-refractivity contribution in [3.8, 4) is 0 Å². The van der Waals surface area contributed by atoms with Crippen LogP contribution in [0.25, 0.3) is 0 Å². The molecule has 0 aromatic heterocycles. The normalized spacial score (nSPS) is 19.9. The van der Waals surface area contributed by atoms with Crippen LogP contribution in [0.2, 0.25) is 57.5 Å². The van der Waals surface area contributed by atoms with Crippen LogP contribution in [0, 0.1) is 0 Å². The van der Waals surface area contributed by atoms with E-state index in [0.29, 0.717) is 13.4 Å². The van der Waals surface area contributed by atoms with Gasteiger partial charge in [0.05, 0.1) is 0 Å². The zero-order valence-corrected chi connectivity index (χ0v) is 32.2.